The molecule has 7 nitrogen and oxygen atoms in total. The van der Waals surface area contributed by atoms with Crippen molar-refractivity contribution in [2.75, 3.05) is 6.61 Å². The molecule has 38 heavy (non-hydrogen) atoms. The number of amidine groups is 2. The summed E-state index contributed by atoms with van der Waals surface area (Å²) in [4.78, 5) is 17.3. The van der Waals surface area contributed by atoms with Gasteiger partial charge in [0.2, 0.25) is 5.17 Å². The molecule has 0 unspecified atom stereocenters. The van der Waals surface area contributed by atoms with Crippen LogP contribution in [0.25, 0.3) is 17.0 Å². The number of rotatable bonds is 6. The lowest BCUT2D eigenvalue weighted by Gasteiger charge is -2.20. The molecule has 4 aromatic rings. The van der Waals surface area contributed by atoms with Gasteiger partial charge in [-0.3, -0.25) is 10.2 Å². The predicted molar refractivity (Wildman–Crippen MR) is 154 cm³/mol. The van der Waals surface area contributed by atoms with Crippen LogP contribution in [0.4, 0.5) is 0 Å². The van der Waals surface area contributed by atoms with Crippen molar-refractivity contribution in [3.05, 3.63) is 106 Å². The van der Waals surface area contributed by atoms with E-state index in [1.165, 1.54) is 16.8 Å². The highest BCUT2D eigenvalue weighted by Crippen LogP contribution is 2.32. The number of carbonyl (C=O) groups excluding carboxylic acids is 1. The van der Waals surface area contributed by atoms with Gasteiger partial charge in [0.25, 0.3) is 5.91 Å². The van der Waals surface area contributed by atoms with Crippen LogP contribution in [0.5, 0.6) is 5.75 Å². The number of aryl methyl sites for hydroxylation is 1. The number of halogens is 1. The normalized spacial score (nSPS) is 16.2. The molecule has 0 fully saturated rings. The minimum Gasteiger partial charge on any atom is -0.490 e. The maximum atomic E-state index is 13.0. The Kier molecular flexibility index (Phi) is 6.35. The van der Waals surface area contributed by atoms with Crippen LogP contribution in [0.2, 0.25) is 5.02 Å². The van der Waals surface area contributed by atoms with E-state index in [9.17, 15) is 4.79 Å². The second-order valence-electron chi connectivity index (χ2n) is 8.87. The van der Waals surface area contributed by atoms with Crippen molar-refractivity contribution in [3.8, 4) is 5.75 Å². The molecule has 2 aliphatic rings. The Morgan fingerprint density at radius 1 is 1.05 bits per heavy atom. The Balaban J connectivity index is 1.28. The van der Waals surface area contributed by atoms with Gasteiger partial charge in [0.05, 0.1) is 17.1 Å². The fraction of sp³-hybridized carbons (Fsp3) is 0.103. The van der Waals surface area contributed by atoms with Crippen molar-refractivity contribution in [1.82, 2.24) is 9.58 Å². The van der Waals surface area contributed by atoms with Crippen LogP contribution in [0.3, 0.4) is 0 Å². The quantitative estimate of drug-likeness (QED) is 0.289. The Bertz CT molecular complexity index is 1690. The molecule has 1 N–H and O–H groups in total. The summed E-state index contributed by atoms with van der Waals surface area (Å²) in [5.74, 6) is 0.193. The summed E-state index contributed by atoms with van der Waals surface area (Å²) in [6.07, 6.45) is 3.69. The van der Waals surface area contributed by atoms with E-state index < -0.39 is 5.91 Å². The molecule has 2 aliphatic heterocycles. The number of amides is 1. The highest BCUT2D eigenvalue weighted by atomic mass is 35.5. The van der Waals surface area contributed by atoms with Crippen LogP contribution in [0.1, 0.15) is 16.7 Å². The summed E-state index contributed by atoms with van der Waals surface area (Å²) >= 11 is 7.51. The van der Waals surface area contributed by atoms with Crippen molar-refractivity contribution in [2.24, 2.45) is 10.1 Å². The maximum Gasteiger partial charge on any atom is 0.283 e. The average molecular weight is 540 g/mol. The molecule has 0 radical (unpaired) electrons. The lowest BCUT2D eigenvalue weighted by Crippen LogP contribution is -2.35. The first-order valence-corrected chi connectivity index (χ1v) is 13.2. The molecule has 9 heteroatoms. The molecule has 1 amide bonds. The van der Waals surface area contributed by atoms with Crippen LogP contribution in [0.15, 0.2) is 94.7 Å². The van der Waals surface area contributed by atoms with Gasteiger partial charge < -0.3 is 9.30 Å². The molecule has 3 heterocycles. The van der Waals surface area contributed by atoms with Gasteiger partial charge >= 0.3 is 0 Å². The molecular weight excluding hydrogens is 518 g/mol. The van der Waals surface area contributed by atoms with Crippen LogP contribution >= 0.6 is 23.4 Å². The summed E-state index contributed by atoms with van der Waals surface area (Å²) in [6, 6.07) is 23.3. The van der Waals surface area contributed by atoms with E-state index in [2.05, 4.69) is 14.7 Å². The zero-order valence-electron chi connectivity index (χ0n) is 20.4. The molecule has 0 saturated heterocycles. The fourth-order valence-electron chi connectivity index (χ4n) is 4.35. The lowest BCUT2D eigenvalue weighted by atomic mass is 10.1. The summed E-state index contributed by atoms with van der Waals surface area (Å²) in [6.45, 7) is 3.02. The van der Waals surface area contributed by atoms with E-state index >= 15 is 0 Å². The van der Waals surface area contributed by atoms with Gasteiger partial charge in [0.15, 0.2) is 5.84 Å². The number of aliphatic imine (C=N–C) groups is 1. The first-order chi connectivity index (χ1) is 18.5. The summed E-state index contributed by atoms with van der Waals surface area (Å²) < 4.78 is 7.96. The number of benzene rings is 3. The van der Waals surface area contributed by atoms with E-state index in [1.807, 2.05) is 79.9 Å². The molecule has 3 aromatic carbocycles. The number of hydrogen-bond donors (Lipinski definition) is 1. The summed E-state index contributed by atoms with van der Waals surface area (Å²) in [5, 5.41) is 17.4. The van der Waals surface area contributed by atoms with Gasteiger partial charge in [-0.1, -0.05) is 71.8 Å². The Morgan fingerprint density at radius 2 is 1.82 bits per heavy atom. The van der Waals surface area contributed by atoms with Gasteiger partial charge in [-0.25, -0.2) is 0 Å². The Morgan fingerprint density at radius 3 is 2.63 bits per heavy atom. The zero-order chi connectivity index (χ0) is 26.2. The molecule has 0 bridgehead atoms. The average Bonchev–Trinajstić information content (AvgIpc) is 3.50. The predicted octanol–water partition coefficient (Wildman–Crippen LogP) is 6.35. The van der Waals surface area contributed by atoms with Crippen LogP contribution in [-0.4, -0.2) is 38.1 Å². The molecule has 0 atom stereocenters. The molecule has 188 valence electrons. The Hall–Kier alpha value is -4.14. The second-order valence-corrected chi connectivity index (χ2v) is 10.2. The van der Waals surface area contributed by atoms with Crippen LogP contribution in [0, 0.1) is 12.3 Å². The molecule has 0 aliphatic carbocycles. The molecule has 0 spiro atoms. The topological polar surface area (TPSA) is 83.0 Å². The first-order valence-electron chi connectivity index (χ1n) is 12.0. The second kappa shape index (κ2) is 9.96. The first kappa shape index (κ1) is 24.2. The van der Waals surface area contributed by atoms with Crippen LogP contribution in [-0.2, 0) is 11.3 Å². The SMILES string of the molecule is Cc1ccc(C2=NN3C(=N)/C(=C/c4cn(CCOc5ccccc5Cl)c5ccccc45)C(=O)N=C3S2)cc1. The van der Waals surface area contributed by atoms with Gasteiger partial charge in [0.1, 0.15) is 17.4 Å². The van der Waals surface area contributed by atoms with E-state index in [0.717, 1.165) is 27.6 Å². The third-order valence-electron chi connectivity index (χ3n) is 6.30. The van der Waals surface area contributed by atoms with Crippen molar-refractivity contribution < 1.29 is 9.53 Å². The monoisotopic (exact) mass is 539 g/mol. The minimum absolute atomic E-state index is 0.00787. The van der Waals surface area contributed by atoms with Gasteiger partial charge in [0, 0.05) is 28.2 Å². The van der Waals surface area contributed by atoms with Gasteiger partial charge in [-0.05, 0) is 43.0 Å². The van der Waals surface area contributed by atoms with Gasteiger partial charge in [-0.2, -0.15) is 15.1 Å². The number of hydrogen-bond acceptors (Lipinski definition) is 5. The largest absolute Gasteiger partial charge is 0.490 e. The number of nitrogens with one attached hydrogen (secondary N) is 1. The highest BCUT2D eigenvalue weighted by molar-refractivity contribution is 8.27. The lowest BCUT2D eigenvalue weighted by molar-refractivity contribution is -0.114. The molecule has 6 rings (SSSR count). The number of para-hydroxylation sites is 2. The molecule has 0 saturated carbocycles. The Labute approximate surface area is 228 Å². The highest BCUT2D eigenvalue weighted by Gasteiger charge is 2.36. The van der Waals surface area contributed by atoms with Crippen molar-refractivity contribution >= 4 is 62.3 Å². The number of ether oxygens (including phenoxy) is 1. The number of hydrazone groups is 1. The van der Waals surface area contributed by atoms with Crippen molar-refractivity contribution in [2.45, 2.75) is 13.5 Å². The third-order valence-corrected chi connectivity index (χ3v) is 7.57. The number of fused-ring (bicyclic) bond motifs is 2. The number of carbonyl (C=O) groups is 1. The summed E-state index contributed by atoms with van der Waals surface area (Å²) in [7, 11) is 0. The van der Waals surface area contributed by atoms with E-state index in [-0.39, 0.29) is 11.4 Å². The third kappa shape index (κ3) is 4.53. The molecule has 1 aromatic heterocycles. The summed E-state index contributed by atoms with van der Waals surface area (Å²) in [5.41, 5.74) is 4.08. The number of thioether (sulfide) groups is 1. The van der Waals surface area contributed by atoms with Crippen LogP contribution < -0.4 is 4.74 Å². The maximum absolute atomic E-state index is 13.0. The zero-order valence-corrected chi connectivity index (χ0v) is 22.0. The molecular formula is C29H22ClN5O2S. The van der Waals surface area contributed by atoms with E-state index in [4.69, 9.17) is 21.7 Å². The van der Waals surface area contributed by atoms with Gasteiger partial charge in [-0.15, -0.1) is 0 Å². The van der Waals surface area contributed by atoms with Crippen molar-refractivity contribution in [1.29, 1.82) is 5.41 Å². The number of aromatic nitrogens is 1. The fourth-order valence-corrected chi connectivity index (χ4v) is 5.44. The minimum atomic E-state index is -0.451. The smallest absolute Gasteiger partial charge is 0.283 e. The van der Waals surface area contributed by atoms with E-state index in [0.29, 0.717) is 34.1 Å². The van der Waals surface area contributed by atoms with Crippen molar-refractivity contribution in [3.63, 3.8) is 0 Å². The van der Waals surface area contributed by atoms with E-state index in [1.54, 1.807) is 12.1 Å². The standard InChI is InChI=1S/C29H22ClN5O2S/c1-18-10-12-19(13-11-18)28-33-35-26(31)22(27(36)32-29(35)38-28)16-20-17-34(24-8-4-2-6-21(20)24)14-15-37-25-9-5-3-7-23(25)30/h2-13,16-17,31H,14-15H2,1H3/b22-16-,31-26?. The number of nitrogens with zero attached hydrogens (tertiary/aromatic N) is 4.